The summed E-state index contributed by atoms with van der Waals surface area (Å²) in [6.45, 7) is 0. The van der Waals surface area contributed by atoms with Gasteiger partial charge in [0.15, 0.2) is 0 Å². The zero-order chi connectivity index (χ0) is 15.1. The van der Waals surface area contributed by atoms with Gasteiger partial charge >= 0.3 is 0 Å². The molecule has 1 aromatic heterocycles. The Kier molecular flexibility index (Phi) is 5.13. The molecule has 0 fully saturated rings. The number of furan rings is 1. The van der Waals surface area contributed by atoms with Crippen LogP contribution in [-0.2, 0) is 4.79 Å². The van der Waals surface area contributed by atoms with Crippen molar-refractivity contribution in [3.63, 3.8) is 0 Å². The number of hydrogen-bond acceptors (Lipinski definition) is 3. The molecule has 0 bridgehead atoms. The Balaban J connectivity index is 2.04. The van der Waals surface area contributed by atoms with E-state index in [-0.39, 0.29) is 5.57 Å². The largest absolute Gasteiger partial charge is 0.465 e. The molecule has 0 saturated heterocycles. The van der Waals surface area contributed by atoms with Gasteiger partial charge in [-0.2, -0.15) is 5.26 Å². The SMILES string of the molecule is N#C/C(=C/C=C/c1ccco1)C(=O)Nc1ccc(Br)cc1. The van der Waals surface area contributed by atoms with Crippen molar-refractivity contribution in [2.45, 2.75) is 0 Å². The van der Waals surface area contributed by atoms with Gasteiger partial charge in [0.2, 0.25) is 0 Å². The van der Waals surface area contributed by atoms with Gasteiger partial charge in [0.25, 0.3) is 5.91 Å². The van der Waals surface area contributed by atoms with Crippen molar-refractivity contribution in [1.82, 2.24) is 0 Å². The number of hydrogen-bond donors (Lipinski definition) is 1. The van der Waals surface area contributed by atoms with Crippen molar-refractivity contribution in [2.24, 2.45) is 0 Å². The Labute approximate surface area is 130 Å². The highest BCUT2D eigenvalue weighted by molar-refractivity contribution is 9.10. The van der Waals surface area contributed by atoms with Crippen LogP contribution in [0.15, 0.2) is 69.3 Å². The summed E-state index contributed by atoms with van der Waals surface area (Å²) < 4.78 is 6.03. The number of benzene rings is 1. The van der Waals surface area contributed by atoms with E-state index in [2.05, 4.69) is 21.2 Å². The zero-order valence-corrected chi connectivity index (χ0v) is 12.5. The third-order valence-electron chi connectivity index (χ3n) is 2.53. The molecular formula is C16H11BrN2O2. The quantitative estimate of drug-likeness (QED) is 0.515. The summed E-state index contributed by atoms with van der Waals surface area (Å²) >= 11 is 3.31. The van der Waals surface area contributed by atoms with Crippen LogP contribution >= 0.6 is 15.9 Å². The van der Waals surface area contributed by atoms with E-state index in [0.717, 1.165) is 4.47 Å². The van der Waals surface area contributed by atoms with Crippen LogP contribution in [0.5, 0.6) is 0 Å². The molecule has 1 heterocycles. The number of carbonyl (C=O) groups is 1. The summed E-state index contributed by atoms with van der Waals surface area (Å²) in [5.41, 5.74) is 0.639. The molecule has 0 spiro atoms. The molecule has 1 aromatic carbocycles. The Bertz CT molecular complexity index is 708. The number of amides is 1. The predicted molar refractivity (Wildman–Crippen MR) is 84.2 cm³/mol. The number of rotatable bonds is 4. The third-order valence-corrected chi connectivity index (χ3v) is 3.06. The average molecular weight is 343 g/mol. The van der Waals surface area contributed by atoms with Gasteiger partial charge in [0.05, 0.1) is 6.26 Å². The lowest BCUT2D eigenvalue weighted by Crippen LogP contribution is -2.13. The fraction of sp³-hybridized carbons (Fsp3) is 0. The second kappa shape index (κ2) is 7.27. The summed E-state index contributed by atoms with van der Waals surface area (Å²) in [6, 6.07) is 12.5. The van der Waals surface area contributed by atoms with E-state index in [1.165, 1.54) is 6.08 Å². The van der Waals surface area contributed by atoms with Crippen LogP contribution in [0.3, 0.4) is 0 Å². The van der Waals surface area contributed by atoms with E-state index in [1.54, 1.807) is 42.7 Å². The molecule has 1 N–H and O–H groups in total. The van der Waals surface area contributed by atoms with Crippen LogP contribution in [0.4, 0.5) is 5.69 Å². The summed E-state index contributed by atoms with van der Waals surface area (Å²) in [6.07, 6.45) is 6.26. The highest BCUT2D eigenvalue weighted by atomic mass is 79.9. The molecule has 0 saturated carbocycles. The Morgan fingerprint density at radius 1 is 1.29 bits per heavy atom. The van der Waals surface area contributed by atoms with Gasteiger partial charge in [-0.15, -0.1) is 0 Å². The number of allylic oxidation sites excluding steroid dienone is 2. The van der Waals surface area contributed by atoms with E-state index in [9.17, 15) is 4.79 Å². The zero-order valence-electron chi connectivity index (χ0n) is 10.9. The number of anilines is 1. The minimum Gasteiger partial charge on any atom is -0.465 e. The van der Waals surface area contributed by atoms with E-state index in [0.29, 0.717) is 11.4 Å². The van der Waals surface area contributed by atoms with Crippen molar-refractivity contribution < 1.29 is 9.21 Å². The number of nitriles is 1. The van der Waals surface area contributed by atoms with Gasteiger partial charge in [0.1, 0.15) is 17.4 Å². The smallest absolute Gasteiger partial charge is 0.266 e. The standard InChI is InChI=1S/C16H11BrN2O2/c17-13-6-8-14(9-7-13)19-16(20)12(11-18)3-1-4-15-5-2-10-21-15/h1-10H,(H,19,20)/b4-1+,12-3-. The number of nitrogens with one attached hydrogen (secondary N) is 1. The molecule has 4 nitrogen and oxygen atoms in total. The Hall–Kier alpha value is -2.58. The number of halogens is 1. The maximum absolute atomic E-state index is 12.0. The predicted octanol–water partition coefficient (Wildman–Crippen LogP) is 4.14. The first kappa shape index (κ1) is 14.8. The molecule has 0 radical (unpaired) electrons. The second-order valence-corrected chi connectivity index (χ2v) is 4.94. The van der Waals surface area contributed by atoms with E-state index in [1.807, 2.05) is 18.2 Å². The van der Waals surface area contributed by atoms with Crippen molar-refractivity contribution in [3.05, 3.63) is 70.6 Å². The minimum atomic E-state index is -0.455. The fourth-order valence-corrected chi connectivity index (χ4v) is 1.78. The molecular weight excluding hydrogens is 332 g/mol. The molecule has 0 aliphatic carbocycles. The van der Waals surface area contributed by atoms with Crippen molar-refractivity contribution >= 4 is 33.6 Å². The lowest BCUT2D eigenvalue weighted by molar-refractivity contribution is -0.112. The van der Waals surface area contributed by atoms with E-state index < -0.39 is 5.91 Å². The van der Waals surface area contributed by atoms with Gasteiger partial charge in [-0.1, -0.05) is 22.0 Å². The third kappa shape index (κ3) is 4.48. The summed E-state index contributed by atoms with van der Waals surface area (Å²) in [5, 5.41) is 11.7. The summed E-state index contributed by atoms with van der Waals surface area (Å²) in [5.74, 6) is 0.195. The molecule has 0 atom stereocenters. The fourth-order valence-electron chi connectivity index (χ4n) is 1.52. The first-order chi connectivity index (χ1) is 10.2. The summed E-state index contributed by atoms with van der Waals surface area (Å²) in [7, 11) is 0. The second-order valence-electron chi connectivity index (χ2n) is 4.03. The summed E-state index contributed by atoms with van der Waals surface area (Å²) in [4.78, 5) is 12.0. The molecule has 5 heteroatoms. The van der Waals surface area contributed by atoms with Gasteiger partial charge in [-0.3, -0.25) is 4.79 Å². The first-order valence-corrected chi connectivity index (χ1v) is 6.87. The van der Waals surface area contributed by atoms with Crippen LogP contribution < -0.4 is 5.32 Å². The first-order valence-electron chi connectivity index (χ1n) is 6.08. The number of nitrogens with zero attached hydrogens (tertiary/aromatic N) is 1. The maximum Gasteiger partial charge on any atom is 0.266 e. The van der Waals surface area contributed by atoms with Crippen LogP contribution in [-0.4, -0.2) is 5.91 Å². The molecule has 2 aromatic rings. The van der Waals surface area contributed by atoms with Gasteiger partial charge < -0.3 is 9.73 Å². The van der Waals surface area contributed by atoms with Crippen molar-refractivity contribution in [2.75, 3.05) is 5.32 Å². The van der Waals surface area contributed by atoms with E-state index >= 15 is 0 Å². The average Bonchev–Trinajstić information content (AvgIpc) is 2.99. The molecule has 0 unspecified atom stereocenters. The number of carbonyl (C=O) groups excluding carboxylic acids is 1. The lowest BCUT2D eigenvalue weighted by atomic mass is 10.2. The van der Waals surface area contributed by atoms with E-state index in [4.69, 9.17) is 9.68 Å². The van der Waals surface area contributed by atoms with Crippen molar-refractivity contribution in [3.8, 4) is 6.07 Å². The van der Waals surface area contributed by atoms with Crippen LogP contribution in [0.2, 0.25) is 0 Å². The van der Waals surface area contributed by atoms with Crippen LogP contribution in [0.1, 0.15) is 5.76 Å². The topological polar surface area (TPSA) is 66.0 Å². The Morgan fingerprint density at radius 3 is 2.67 bits per heavy atom. The minimum absolute atomic E-state index is 0.0146. The maximum atomic E-state index is 12.0. The van der Waals surface area contributed by atoms with Crippen molar-refractivity contribution in [1.29, 1.82) is 5.26 Å². The molecule has 0 aliphatic rings. The Morgan fingerprint density at radius 2 is 2.05 bits per heavy atom. The molecule has 21 heavy (non-hydrogen) atoms. The normalized spacial score (nSPS) is 11.3. The molecule has 0 aliphatic heterocycles. The lowest BCUT2D eigenvalue weighted by Gasteiger charge is -2.03. The molecule has 104 valence electrons. The van der Waals surface area contributed by atoms with Crippen LogP contribution in [0.25, 0.3) is 6.08 Å². The van der Waals surface area contributed by atoms with Gasteiger partial charge in [-0.25, -0.2) is 0 Å². The van der Waals surface area contributed by atoms with Crippen LogP contribution in [0, 0.1) is 11.3 Å². The highest BCUT2D eigenvalue weighted by Gasteiger charge is 2.07. The van der Waals surface area contributed by atoms with Gasteiger partial charge in [0, 0.05) is 10.2 Å². The monoisotopic (exact) mass is 342 g/mol. The molecule has 2 rings (SSSR count). The van der Waals surface area contributed by atoms with Gasteiger partial charge in [-0.05, 0) is 48.6 Å². The molecule has 1 amide bonds. The highest BCUT2D eigenvalue weighted by Crippen LogP contribution is 2.14.